The molecule has 1 heterocycles. The molecule has 0 bridgehead atoms. The SMILES string of the molecule is CC1=C(C(=O)Nc2ccccc2C)C(c2ccccc2F)C(C#N)=C(SCC(=O)Nc2ccc(C)cc2)N1. The van der Waals surface area contributed by atoms with E-state index < -0.39 is 17.6 Å². The number of amides is 2. The van der Waals surface area contributed by atoms with E-state index in [4.69, 9.17) is 0 Å². The maximum atomic E-state index is 15.1. The Bertz CT molecular complexity index is 1490. The van der Waals surface area contributed by atoms with Crippen LogP contribution in [0.1, 0.15) is 29.5 Å². The van der Waals surface area contributed by atoms with Crippen LogP contribution in [0.3, 0.4) is 0 Å². The Morgan fingerprint density at radius 1 is 0.974 bits per heavy atom. The van der Waals surface area contributed by atoms with Crippen LogP contribution in [0.4, 0.5) is 15.8 Å². The van der Waals surface area contributed by atoms with Gasteiger partial charge in [0, 0.05) is 28.2 Å². The fourth-order valence-corrected chi connectivity index (χ4v) is 5.11. The van der Waals surface area contributed by atoms with Crippen molar-refractivity contribution >= 4 is 35.0 Å². The molecule has 1 atom stereocenters. The Labute approximate surface area is 225 Å². The molecule has 3 N–H and O–H groups in total. The Hall–Kier alpha value is -4.35. The summed E-state index contributed by atoms with van der Waals surface area (Å²) in [5.41, 5.74) is 4.34. The predicted octanol–water partition coefficient (Wildman–Crippen LogP) is 6.15. The summed E-state index contributed by atoms with van der Waals surface area (Å²) in [6.07, 6.45) is 0. The molecule has 3 aromatic rings. The van der Waals surface area contributed by atoms with E-state index in [9.17, 15) is 14.9 Å². The highest BCUT2D eigenvalue weighted by molar-refractivity contribution is 8.03. The van der Waals surface area contributed by atoms with Gasteiger partial charge in [0.05, 0.1) is 28.3 Å². The van der Waals surface area contributed by atoms with Crippen LogP contribution in [0.15, 0.2) is 94.7 Å². The maximum absolute atomic E-state index is 15.1. The zero-order chi connectivity index (χ0) is 27.2. The van der Waals surface area contributed by atoms with Crippen LogP contribution in [0.25, 0.3) is 0 Å². The number of para-hydroxylation sites is 1. The fourth-order valence-electron chi connectivity index (χ4n) is 4.22. The van der Waals surface area contributed by atoms with Gasteiger partial charge in [-0.15, -0.1) is 0 Å². The molecule has 0 aromatic heterocycles. The molecule has 38 heavy (non-hydrogen) atoms. The molecule has 192 valence electrons. The Kier molecular flexibility index (Phi) is 8.29. The molecule has 3 aromatic carbocycles. The van der Waals surface area contributed by atoms with E-state index in [1.807, 2.05) is 56.3 Å². The standard InChI is InChI=1S/C30H27FN4O2S/c1-18-12-14-21(15-13-18)34-26(36)17-38-30-23(16-32)28(22-9-5-6-10-24(22)31)27(20(3)33-30)29(37)35-25-11-7-4-8-19(25)2/h4-15,28,33H,17H2,1-3H3,(H,34,36)(H,35,37). The molecule has 4 rings (SSSR count). The second-order valence-corrected chi connectivity index (χ2v) is 9.93. The van der Waals surface area contributed by atoms with Crippen molar-refractivity contribution in [3.8, 4) is 6.07 Å². The monoisotopic (exact) mass is 526 g/mol. The number of nitrogens with zero attached hydrogens (tertiary/aromatic N) is 1. The van der Waals surface area contributed by atoms with E-state index in [0.717, 1.165) is 22.9 Å². The zero-order valence-electron chi connectivity index (χ0n) is 21.3. The van der Waals surface area contributed by atoms with Crippen LogP contribution in [0.5, 0.6) is 0 Å². The van der Waals surface area contributed by atoms with Gasteiger partial charge in [-0.3, -0.25) is 9.59 Å². The van der Waals surface area contributed by atoms with E-state index >= 15 is 4.39 Å². The van der Waals surface area contributed by atoms with E-state index in [1.165, 1.54) is 6.07 Å². The first-order valence-corrected chi connectivity index (χ1v) is 13.0. The summed E-state index contributed by atoms with van der Waals surface area (Å²) >= 11 is 1.13. The van der Waals surface area contributed by atoms with Gasteiger partial charge < -0.3 is 16.0 Å². The Balaban J connectivity index is 1.65. The van der Waals surface area contributed by atoms with Crippen molar-refractivity contribution in [1.29, 1.82) is 5.26 Å². The van der Waals surface area contributed by atoms with E-state index in [0.29, 0.717) is 22.1 Å². The number of dihydropyridines is 1. The number of hydrogen-bond acceptors (Lipinski definition) is 5. The lowest BCUT2D eigenvalue weighted by Crippen LogP contribution is -2.31. The molecular weight excluding hydrogens is 499 g/mol. The largest absolute Gasteiger partial charge is 0.353 e. The molecule has 0 radical (unpaired) electrons. The van der Waals surface area contributed by atoms with Crippen LogP contribution in [-0.2, 0) is 9.59 Å². The first-order chi connectivity index (χ1) is 18.3. The molecule has 6 nitrogen and oxygen atoms in total. The summed E-state index contributed by atoms with van der Waals surface area (Å²) in [5, 5.41) is 19.5. The van der Waals surface area contributed by atoms with Gasteiger partial charge in [0.15, 0.2) is 0 Å². The number of halogens is 1. The number of hydrogen-bond donors (Lipinski definition) is 3. The molecule has 0 spiro atoms. The Morgan fingerprint density at radius 2 is 1.66 bits per heavy atom. The summed E-state index contributed by atoms with van der Waals surface area (Å²) in [4.78, 5) is 26.2. The highest BCUT2D eigenvalue weighted by atomic mass is 32.2. The fraction of sp³-hybridized carbons (Fsp3) is 0.167. The molecule has 0 aliphatic carbocycles. The quantitative estimate of drug-likeness (QED) is 0.343. The number of carbonyl (C=O) groups excluding carboxylic acids is 2. The summed E-state index contributed by atoms with van der Waals surface area (Å²) in [5.74, 6) is -2.15. The highest BCUT2D eigenvalue weighted by Crippen LogP contribution is 2.41. The average Bonchev–Trinajstić information content (AvgIpc) is 2.90. The summed E-state index contributed by atoms with van der Waals surface area (Å²) in [6, 6.07) is 23.1. The second-order valence-electron chi connectivity index (χ2n) is 8.94. The van der Waals surface area contributed by atoms with Gasteiger partial charge in [-0.05, 0) is 50.6 Å². The summed E-state index contributed by atoms with van der Waals surface area (Å²) in [6.45, 7) is 5.55. The normalized spacial score (nSPS) is 15.0. The minimum atomic E-state index is -0.950. The number of allylic oxidation sites excluding steroid dienone is 2. The molecule has 1 aliphatic rings. The van der Waals surface area contributed by atoms with Crippen molar-refractivity contribution in [3.63, 3.8) is 0 Å². The molecular formula is C30H27FN4O2S. The molecule has 0 saturated heterocycles. The third-order valence-corrected chi connectivity index (χ3v) is 7.20. The van der Waals surface area contributed by atoms with E-state index in [-0.39, 0.29) is 28.4 Å². The number of rotatable bonds is 7. The van der Waals surface area contributed by atoms with E-state index in [1.54, 1.807) is 31.2 Å². The number of benzene rings is 3. The number of aryl methyl sites for hydroxylation is 2. The van der Waals surface area contributed by atoms with Crippen molar-refractivity contribution in [1.82, 2.24) is 5.32 Å². The molecule has 1 unspecified atom stereocenters. The second kappa shape index (κ2) is 11.8. The average molecular weight is 527 g/mol. The van der Waals surface area contributed by atoms with Crippen LogP contribution < -0.4 is 16.0 Å². The number of anilines is 2. The summed E-state index contributed by atoms with van der Waals surface area (Å²) < 4.78 is 15.1. The maximum Gasteiger partial charge on any atom is 0.254 e. The minimum absolute atomic E-state index is 0.0173. The van der Waals surface area contributed by atoms with Gasteiger partial charge in [-0.25, -0.2) is 4.39 Å². The van der Waals surface area contributed by atoms with Gasteiger partial charge >= 0.3 is 0 Å². The number of carbonyl (C=O) groups is 2. The molecule has 1 aliphatic heterocycles. The van der Waals surface area contributed by atoms with Crippen LogP contribution in [0.2, 0.25) is 0 Å². The predicted molar refractivity (Wildman–Crippen MR) is 150 cm³/mol. The van der Waals surface area contributed by atoms with Crippen molar-refractivity contribution in [2.24, 2.45) is 0 Å². The van der Waals surface area contributed by atoms with Crippen LogP contribution in [0, 0.1) is 31.0 Å². The topological polar surface area (TPSA) is 94.0 Å². The van der Waals surface area contributed by atoms with Crippen molar-refractivity contribution in [2.75, 3.05) is 16.4 Å². The van der Waals surface area contributed by atoms with Crippen LogP contribution in [-0.4, -0.2) is 17.6 Å². The number of thioether (sulfide) groups is 1. The lowest BCUT2D eigenvalue weighted by Gasteiger charge is -2.30. The minimum Gasteiger partial charge on any atom is -0.353 e. The number of nitrogens with one attached hydrogen (secondary N) is 3. The third-order valence-electron chi connectivity index (χ3n) is 6.18. The molecule has 2 amide bonds. The molecule has 0 saturated carbocycles. The number of nitriles is 1. The first-order valence-electron chi connectivity index (χ1n) is 12.0. The van der Waals surface area contributed by atoms with Gasteiger partial charge in [-0.1, -0.05) is 65.9 Å². The van der Waals surface area contributed by atoms with Crippen molar-refractivity contribution < 1.29 is 14.0 Å². The Morgan fingerprint density at radius 3 is 2.34 bits per heavy atom. The van der Waals surface area contributed by atoms with Gasteiger partial charge in [0.25, 0.3) is 5.91 Å². The zero-order valence-corrected chi connectivity index (χ0v) is 22.1. The van der Waals surface area contributed by atoms with Gasteiger partial charge in [0.1, 0.15) is 5.82 Å². The van der Waals surface area contributed by atoms with Crippen LogP contribution >= 0.6 is 11.8 Å². The lowest BCUT2D eigenvalue weighted by molar-refractivity contribution is -0.114. The van der Waals surface area contributed by atoms with Gasteiger partial charge in [-0.2, -0.15) is 5.26 Å². The van der Waals surface area contributed by atoms with Crippen molar-refractivity contribution in [2.45, 2.75) is 26.7 Å². The third kappa shape index (κ3) is 5.96. The smallest absolute Gasteiger partial charge is 0.254 e. The van der Waals surface area contributed by atoms with Crippen molar-refractivity contribution in [3.05, 3.63) is 117 Å². The lowest BCUT2D eigenvalue weighted by atomic mass is 9.82. The highest BCUT2D eigenvalue weighted by Gasteiger charge is 2.36. The molecule has 8 heteroatoms. The van der Waals surface area contributed by atoms with Gasteiger partial charge in [0.2, 0.25) is 5.91 Å². The molecule has 0 fully saturated rings. The van der Waals surface area contributed by atoms with E-state index in [2.05, 4.69) is 22.0 Å². The first kappa shape index (κ1) is 26.7. The summed E-state index contributed by atoms with van der Waals surface area (Å²) in [7, 11) is 0.